The molecule has 5 nitrogen and oxygen atoms in total. The van der Waals surface area contributed by atoms with E-state index in [9.17, 15) is 0 Å². The van der Waals surface area contributed by atoms with Gasteiger partial charge in [-0.25, -0.2) is 0 Å². The van der Waals surface area contributed by atoms with Gasteiger partial charge < -0.3 is 15.5 Å². The Hall–Kier alpha value is 0.270. The lowest BCUT2D eigenvalue weighted by Crippen LogP contribution is -2.62. The molecule has 2 aliphatic heterocycles. The van der Waals surface area contributed by atoms with E-state index >= 15 is 0 Å². The van der Waals surface area contributed by atoms with Gasteiger partial charge in [-0.1, -0.05) is 6.42 Å². The third kappa shape index (κ3) is 7.90. The van der Waals surface area contributed by atoms with Crippen molar-refractivity contribution in [3.63, 3.8) is 0 Å². The molecule has 0 saturated carbocycles. The molecule has 160 valence electrons. The predicted octanol–water partition coefficient (Wildman–Crippen LogP) is 3.25. The van der Waals surface area contributed by atoms with E-state index in [2.05, 4.69) is 54.5 Å². The van der Waals surface area contributed by atoms with Crippen LogP contribution in [-0.4, -0.2) is 85.2 Å². The van der Waals surface area contributed by atoms with Gasteiger partial charge in [0.05, 0.1) is 6.54 Å². The first kappa shape index (κ1) is 25.3. The van der Waals surface area contributed by atoms with Crippen molar-refractivity contribution in [2.45, 2.75) is 63.2 Å². The molecule has 0 aliphatic carbocycles. The molecule has 27 heavy (non-hydrogen) atoms. The van der Waals surface area contributed by atoms with Crippen molar-refractivity contribution in [3.8, 4) is 0 Å². The smallest absolute Gasteiger partial charge is 0.191 e. The Bertz CT molecular complexity index is 444. The molecule has 0 atom stereocenters. The molecule has 7 heteroatoms. The van der Waals surface area contributed by atoms with E-state index in [4.69, 9.17) is 4.99 Å². The van der Waals surface area contributed by atoms with Gasteiger partial charge in [-0.3, -0.25) is 9.89 Å². The number of thioether (sulfide) groups is 1. The summed E-state index contributed by atoms with van der Waals surface area (Å²) in [5.41, 5.74) is 0.290. The van der Waals surface area contributed by atoms with Crippen LogP contribution < -0.4 is 10.6 Å². The third-order valence-electron chi connectivity index (χ3n) is 6.04. The number of likely N-dealkylation sites (tertiary alicyclic amines) is 2. The van der Waals surface area contributed by atoms with Crippen molar-refractivity contribution in [2.24, 2.45) is 4.99 Å². The number of hydrogen-bond acceptors (Lipinski definition) is 4. The van der Waals surface area contributed by atoms with E-state index in [1.807, 2.05) is 11.8 Å². The number of aliphatic imine (C=N–C) groups is 1. The minimum Gasteiger partial charge on any atom is -0.357 e. The second-order valence-electron chi connectivity index (χ2n) is 8.59. The van der Waals surface area contributed by atoms with Crippen LogP contribution in [-0.2, 0) is 0 Å². The zero-order valence-electron chi connectivity index (χ0n) is 18.1. The monoisotopic (exact) mass is 511 g/mol. The van der Waals surface area contributed by atoms with Gasteiger partial charge in [0, 0.05) is 23.4 Å². The SMILES string of the molecule is CCNC(=NCC(C)(C)SC)NCC1(N2CCCCC2)CCN(C)CC1.I. The van der Waals surface area contributed by atoms with Gasteiger partial charge in [0.25, 0.3) is 0 Å². The van der Waals surface area contributed by atoms with E-state index in [0.717, 1.165) is 25.6 Å². The molecule has 2 heterocycles. The number of hydrogen-bond donors (Lipinski definition) is 2. The van der Waals surface area contributed by atoms with E-state index in [0.29, 0.717) is 0 Å². The molecule has 0 aromatic carbocycles. The Balaban J connectivity index is 0.00000364. The lowest BCUT2D eigenvalue weighted by Gasteiger charge is -2.50. The highest BCUT2D eigenvalue weighted by molar-refractivity contribution is 14.0. The molecule has 0 spiro atoms. The highest BCUT2D eigenvalue weighted by Gasteiger charge is 2.39. The molecule has 2 aliphatic rings. The van der Waals surface area contributed by atoms with Crippen LogP contribution in [0.1, 0.15) is 52.9 Å². The number of halogens is 1. The van der Waals surface area contributed by atoms with Gasteiger partial charge >= 0.3 is 0 Å². The van der Waals surface area contributed by atoms with Crippen LogP contribution in [0.15, 0.2) is 4.99 Å². The summed E-state index contributed by atoms with van der Waals surface area (Å²) in [6.45, 7) is 14.3. The van der Waals surface area contributed by atoms with E-state index in [1.165, 1.54) is 58.3 Å². The minimum absolute atomic E-state index is 0. The molecular weight excluding hydrogens is 469 g/mol. The van der Waals surface area contributed by atoms with Gasteiger partial charge in [0.1, 0.15) is 0 Å². The normalized spacial score (nSPS) is 22.2. The lowest BCUT2D eigenvalue weighted by atomic mass is 9.84. The van der Waals surface area contributed by atoms with Crippen molar-refractivity contribution in [1.29, 1.82) is 0 Å². The molecule has 2 rings (SSSR count). The van der Waals surface area contributed by atoms with Crippen LogP contribution >= 0.6 is 35.7 Å². The van der Waals surface area contributed by atoms with E-state index in [-0.39, 0.29) is 34.3 Å². The first-order valence-electron chi connectivity index (χ1n) is 10.4. The Morgan fingerprint density at radius 2 is 1.70 bits per heavy atom. The first-order chi connectivity index (χ1) is 12.4. The number of piperidine rings is 2. The summed E-state index contributed by atoms with van der Waals surface area (Å²) >= 11 is 1.88. The van der Waals surface area contributed by atoms with Crippen LogP contribution in [0.25, 0.3) is 0 Å². The molecule has 0 bridgehead atoms. The van der Waals surface area contributed by atoms with Gasteiger partial charge in [-0.05, 0) is 85.9 Å². The average Bonchev–Trinajstić information content (AvgIpc) is 2.66. The third-order valence-corrected chi connectivity index (χ3v) is 7.28. The zero-order valence-corrected chi connectivity index (χ0v) is 21.3. The summed E-state index contributed by atoms with van der Waals surface area (Å²) in [6, 6.07) is 0. The molecule has 0 aromatic heterocycles. The fourth-order valence-corrected chi connectivity index (χ4v) is 4.13. The van der Waals surface area contributed by atoms with Gasteiger partial charge in [0.2, 0.25) is 0 Å². The van der Waals surface area contributed by atoms with Crippen LogP contribution in [0.5, 0.6) is 0 Å². The van der Waals surface area contributed by atoms with Crippen molar-refractivity contribution in [2.75, 3.05) is 59.1 Å². The molecule has 2 N–H and O–H groups in total. The highest BCUT2D eigenvalue weighted by Crippen LogP contribution is 2.31. The summed E-state index contributed by atoms with van der Waals surface area (Å²) < 4.78 is 0.181. The number of guanidine groups is 1. The quantitative estimate of drug-likeness (QED) is 0.312. The molecule has 2 fully saturated rings. The van der Waals surface area contributed by atoms with Crippen molar-refractivity contribution < 1.29 is 0 Å². The van der Waals surface area contributed by atoms with Crippen molar-refractivity contribution in [1.82, 2.24) is 20.4 Å². The summed E-state index contributed by atoms with van der Waals surface area (Å²) in [5, 5.41) is 7.16. The first-order valence-corrected chi connectivity index (χ1v) is 11.6. The maximum absolute atomic E-state index is 4.88. The molecular formula is C20H42IN5S. The average molecular weight is 512 g/mol. The maximum atomic E-state index is 4.88. The van der Waals surface area contributed by atoms with Crippen molar-refractivity contribution in [3.05, 3.63) is 0 Å². The van der Waals surface area contributed by atoms with Crippen LogP contribution in [0.2, 0.25) is 0 Å². The Kier molecular flexibility index (Phi) is 11.3. The van der Waals surface area contributed by atoms with E-state index < -0.39 is 0 Å². The maximum Gasteiger partial charge on any atom is 0.191 e. The second kappa shape index (κ2) is 12.1. The van der Waals surface area contributed by atoms with Crippen LogP contribution in [0, 0.1) is 0 Å². The molecule has 0 radical (unpaired) electrons. The predicted molar refractivity (Wildman–Crippen MR) is 132 cm³/mol. The largest absolute Gasteiger partial charge is 0.357 e. The van der Waals surface area contributed by atoms with Gasteiger partial charge in [-0.15, -0.1) is 24.0 Å². The zero-order chi connectivity index (χ0) is 19.0. The second-order valence-corrected chi connectivity index (χ2v) is 10.1. The Morgan fingerprint density at radius 1 is 1.07 bits per heavy atom. The fourth-order valence-electron chi connectivity index (χ4n) is 3.93. The van der Waals surface area contributed by atoms with Crippen LogP contribution in [0.4, 0.5) is 0 Å². The minimum atomic E-state index is 0. The Morgan fingerprint density at radius 3 is 2.26 bits per heavy atom. The van der Waals surface area contributed by atoms with E-state index in [1.54, 1.807) is 0 Å². The lowest BCUT2D eigenvalue weighted by molar-refractivity contribution is 0.0173. The standard InChI is InChI=1S/C20H41N5S.HI/c1-6-21-18(22-16-19(2,3)26-5)23-17-20(10-14-24(4)15-11-20)25-12-8-7-9-13-25;/h6-17H2,1-5H3,(H2,21,22,23);1H. The molecule has 0 amide bonds. The summed E-state index contributed by atoms with van der Waals surface area (Å²) in [5.74, 6) is 0.977. The molecule has 0 aromatic rings. The topological polar surface area (TPSA) is 42.9 Å². The summed E-state index contributed by atoms with van der Waals surface area (Å²) in [7, 11) is 2.25. The number of rotatable bonds is 7. The fraction of sp³-hybridized carbons (Fsp3) is 0.950. The van der Waals surface area contributed by atoms with Crippen LogP contribution in [0.3, 0.4) is 0 Å². The summed E-state index contributed by atoms with van der Waals surface area (Å²) in [4.78, 5) is 10.1. The van der Waals surface area contributed by atoms with Crippen molar-refractivity contribution >= 4 is 41.7 Å². The molecule has 0 unspecified atom stereocenters. The number of nitrogens with zero attached hydrogens (tertiary/aromatic N) is 3. The summed E-state index contributed by atoms with van der Waals surface area (Å²) in [6.07, 6.45) is 8.78. The molecule has 2 saturated heterocycles. The number of nitrogens with one attached hydrogen (secondary N) is 2. The van der Waals surface area contributed by atoms with Gasteiger partial charge in [0.15, 0.2) is 5.96 Å². The Labute approximate surface area is 188 Å². The van der Waals surface area contributed by atoms with Gasteiger partial charge in [-0.2, -0.15) is 11.8 Å². The highest BCUT2D eigenvalue weighted by atomic mass is 127.